The van der Waals surface area contributed by atoms with Crippen molar-refractivity contribution in [2.45, 2.75) is 341 Å². The molecule has 6 nitrogen and oxygen atoms in total. The summed E-state index contributed by atoms with van der Waals surface area (Å²) in [7, 11) is 0. The summed E-state index contributed by atoms with van der Waals surface area (Å²) < 4.78 is 16.9. The Morgan fingerprint density at radius 2 is 0.542 bits per heavy atom. The van der Waals surface area contributed by atoms with Gasteiger partial charge in [-0.25, -0.2) is 0 Å². The van der Waals surface area contributed by atoms with Crippen LogP contribution >= 0.6 is 0 Å². The molecule has 0 aliphatic heterocycles. The molecule has 1 unspecified atom stereocenters. The van der Waals surface area contributed by atoms with Crippen molar-refractivity contribution in [2.75, 3.05) is 13.2 Å². The third-order valence-corrected chi connectivity index (χ3v) is 14.1. The van der Waals surface area contributed by atoms with E-state index < -0.39 is 6.10 Å². The molecular weight excluding hydrogens is 889 g/mol. The predicted octanol–water partition coefficient (Wildman–Crippen LogP) is 21.4. The molecule has 0 aromatic heterocycles. The number of carbonyl (C=O) groups excluding carboxylic acids is 3. The highest BCUT2D eigenvalue weighted by Crippen LogP contribution is 2.18. The Balaban J connectivity index is 4.24. The van der Waals surface area contributed by atoms with E-state index in [-0.39, 0.29) is 31.1 Å². The van der Waals surface area contributed by atoms with Crippen LogP contribution in [0.15, 0.2) is 48.6 Å². The molecular formula is C66H120O6. The molecule has 6 heteroatoms. The Morgan fingerprint density at radius 1 is 0.292 bits per heavy atom. The smallest absolute Gasteiger partial charge is 0.306 e. The van der Waals surface area contributed by atoms with Crippen molar-refractivity contribution in [1.29, 1.82) is 0 Å². The van der Waals surface area contributed by atoms with Crippen molar-refractivity contribution in [2.24, 2.45) is 0 Å². The Hall–Kier alpha value is -2.63. The number of ether oxygens (including phenoxy) is 3. The van der Waals surface area contributed by atoms with E-state index in [0.29, 0.717) is 19.3 Å². The van der Waals surface area contributed by atoms with Crippen LogP contribution in [-0.4, -0.2) is 37.2 Å². The Kier molecular flexibility index (Phi) is 58.7. The van der Waals surface area contributed by atoms with E-state index in [4.69, 9.17) is 14.2 Å². The second kappa shape index (κ2) is 60.9. The van der Waals surface area contributed by atoms with E-state index in [9.17, 15) is 14.4 Å². The maximum absolute atomic E-state index is 12.9. The van der Waals surface area contributed by atoms with Gasteiger partial charge < -0.3 is 14.2 Å². The molecule has 72 heavy (non-hydrogen) atoms. The van der Waals surface area contributed by atoms with Crippen LogP contribution in [0.3, 0.4) is 0 Å². The van der Waals surface area contributed by atoms with E-state index >= 15 is 0 Å². The molecule has 420 valence electrons. The molecule has 0 bridgehead atoms. The summed E-state index contributed by atoms with van der Waals surface area (Å²) in [5.74, 6) is -0.869. The molecule has 0 rings (SSSR count). The van der Waals surface area contributed by atoms with Crippen molar-refractivity contribution < 1.29 is 28.6 Å². The minimum Gasteiger partial charge on any atom is -0.462 e. The lowest BCUT2D eigenvalue weighted by molar-refractivity contribution is -0.167. The summed E-state index contributed by atoms with van der Waals surface area (Å²) in [5, 5.41) is 0. The first-order chi connectivity index (χ1) is 35.5. The topological polar surface area (TPSA) is 78.9 Å². The summed E-state index contributed by atoms with van der Waals surface area (Å²) in [6.45, 7) is 6.56. The number of unbranched alkanes of at least 4 members (excludes halogenated alkanes) is 39. The molecule has 0 amide bonds. The molecule has 0 saturated carbocycles. The van der Waals surface area contributed by atoms with Crippen LogP contribution in [0.4, 0.5) is 0 Å². The monoisotopic (exact) mass is 1010 g/mol. The molecule has 0 saturated heterocycles. The molecule has 0 aliphatic carbocycles. The lowest BCUT2D eigenvalue weighted by atomic mass is 10.0. The molecule has 0 heterocycles. The van der Waals surface area contributed by atoms with Gasteiger partial charge in [0.2, 0.25) is 0 Å². The van der Waals surface area contributed by atoms with Crippen molar-refractivity contribution in [3.05, 3.63) is 48.6 Å². The number of rotatable bonds is 58. The van der Waals surface area contributed by atoms with Gasteiger partial charge in [0, 0.05) is 19.3 Å². The lowest BCUT2D eigenvalue weighted by Gasteiger charge is -2.18. The zero-order valence-electron chi connectivity index (χ0n) is 48.2. The van der Waals surface area contributed by atoms with Crippen LogP contribution in [0, 0.1) is 0 Å². The first-order valence-electron chi connectivity index (χ1n) is 31.6. The molecule has 0 aromatic rings. The standard InChI is InChI=1S/C66H120O6/c1-4-7-10-13-16-19-22-24-26-28-30-31-32-33-34-36-37-39-41-44-47-50-53-56-59-65(68)71-62-63(61-70-64(67)58-55-52-49-46-43-21-18-15-12-9-6-3)72-66(69)60-57-54-51-48-45-42-40-38-35-29-27-25-23-20-17-14-11-8-5-2/h8,11,17,20,25,27,35,38,63H,4-7,9-10,12-16,18-19,21-24,26,28-34,36-37,39-62H2,1-3H3/b11-8-,20-17-,27-25-,38-35-. The predicted molar refractivity (Wildman–Crippen MR) is 312 cm³/mol. The van der Waals surface area contributed by atoms with E-state index in [2.05, 4.69) is 69.4 Å². The largest absolute Gasteiger partial charge is 0.462 e. The summed E-state index contributed by atoms with van der Waals surface area (Å²) in [5.41, 5.74) is 0. The summed E-state index contributed by atoms with van der Waals surface area (Å²) in [4.78, 5) is 38.2. The van der Waals surface area contributed by atoms with E-state index in [0.717, 1.165) is 96.3 Å². The number of carbonyl (C=O) groups is 3. The zero-order valence-corrected chi connectivity index (χ0v) is 48.2. The minimum absolute atomic E-state index is 0.0744. The SMILES string of the molecule is CC/C=C\C/C=C\C/C=C\C/C=C\CCCCCCCCC(=O)OC(COC(=O)CCCCCCCCCCCCC)COC(=O)CCCCCCCCCCCCCCCCCCCCCCCCCC. The summed E-state index contributed by atoms with van der Waals surface area (Å²) in [6, 6.07) is 0. The fourth-order valence-electron chi connectivity index (χ4n) is 9.38. The highest BCUT2D eigenvalue weighted by molar-refractivity contribution is 5.71. The third kappa shape index (κ3) is 58.3. The van der Waals surface area contributed by atoms with Crippen LogP contribution in [-0.2, 0) is 28.6 Å². The van der Waals surface area contributed by atoms with Gasteiger partial charge in [-0.2, -0.15) is 0 Å². The Morgan fingerprint density at radius 3 is 0.847 bits per heavy atom. The normalized spacial score (nSPS) is 12.3. The van der Waals surface area contributed by atoms with Gasteiger partial charge >= 0.3 is 17.9 Å². The lowest BCUT2D eigenvalue weighted by Crippen LogP contribution is -2.30. The van der Waals surface area contributed by atoms with Crippen molar-refractivity contribution in [1.82, 2.24) is 0 Å². The molecule has 0 fully saturated rings. The maximum atomic E-state index is 12.9. The first kappa shape index (κ1) is 69.4. The van der Waals surface area contributed by atoms with Gasteiger partial charge in [-0.3, -0.25) is 14.4 Å². The molecule has 0 radical (unpaired) electrons. The van der Waals surface area contributed by atoms with Crippen molar-refractivity contribution in [3.8, 4) is 0 Å². The van der Waals surface area contributed by atoms with Crippen LogP contribution in [0.2, 0.25) is 0 Å². The molecule has 0 aromatic carbocycles. The van der Waals surface area contributed by atoms with Gasteiger partial charge in [0.15, 0.2) is 6.10 Å². The third-order valence-electron chi connectivity index (χ3n) is 14.1. The van der Waals surface area contributed by atoms with Gasteiger partial charge in [0.05, 0.1) is 0 Å². The number of esters is 3. The Bertz CT molecular complexity index is 1250. The highest BCUT2D eigenvalue weighted by Gasteiger charge is 2.19. The fourth-order valence-corrected chi connectivity index (χ4v) is 9.38. The zero-order chi connectivity index (χ0) is 52.2. The second-order valence-corrected chi connectivity index (χ2v) is 21.3. The minimum atomic E-state index is -0.777. The molecule has 0 aliphatic rings. The van der Waals surface area contributed by atoms with E-state index in [1.807, 2.05) is 0 Å². The summed E-state index contributed by atoms with van der Waals surface area (Å²) in [6.07, 6.45) is 75.5. The van der Waals surface area contributed by atoms with Crippen molar-refractivity contribution >= 4 is 17.9 Å². The van der Waals surface area contributed by atoms with Crippen LogP contribution in [0.25, 0.3) is 0 Å². The quantitative estimate of drug-likeness (QED) is 0.0261. The van der Waals surface area contributed by atoms with Crippen LogP contribution in [0.1, 0.15) is 335 Å². The van der Waals surface area contributed by atoms with E-state index in [1.165, 1.54) is 199 Å². The Labute approximate surface area is 448 Å². The van der Waals surface area contributed by atoms with Gasteiger partial charge in [-0.1, -0.05) is 307 Å². The maximum Gasteiger partial charge on any atom is 0.306 e. The van der Waals surface area contributed by atoms with Gasteiger partial charge in [0.25, 0.3) is 0 Å². The van der Waals surface area contributed by atoms with Gasteiger partial charge in [-0.15, -0.1) is 0 Å². The van der Waals surface area contributed by atoms with E-state index in [1.54, 1.807) is 0 Å². The number of allylic oxidation sites excluding steroid dienone is 8. The highest BCUT2D eigenvalue weighted by atomic mass is 16.6. The molecule has 1 atom stereocenters. The van der Waals surface area contributed by atoms with Crippen LogP contribution in [0.5, 0.6) is 0 Å². The summed E-state index contributed by atoms with van der Waals surface area (Å²) >= 11 is 0. The fraction of sp³-hybridized carbons (Fsp3) is 0.833. The second-order valence-electron chi connectivity index (χ2n) is 21.3. The first-order valence-corrected chi connectivity index (χ1v) is 31.6. The number of hydrogen-bond acceptors (Lipinski definition) is 6. The van der Waals surface area contributed by atoms with Gasteiger partial charge in [-0.05, 0) is 57.8 Å². The van der Waals surface area contributed by atoms with Crippen molar-refractivity contribution in [3.63, 3.8) is 0 Å². The average molecular weight is 1010 g/mol. The number of hydrogen-bond donors (Lipinski definition) is 0. The molecule has 0 spiro atoms. The molecule has 0 N–H and O–H groups in total. The average Bonchev–Trinajstić information content (AvgIpc) is 3.38. The van der Waals surface area contributed by atoms with Gasteiger partial charge in [0.1, 0.15) is 13.2 Å². The van der Waals surface area contributed by atoms with Crippen LogP contribution < -0.4 is 0 Å².